The molecule has 3 aromatic carbocycles. The van der Waals surface area contributed by atoms with Crippen molar-refractivity contribution in [2.45, 2.75) is 57.3 Å². The van der Waals surface area contributed by atoms with Gasteiger partial charge in [0.2, 0.25) is 0 Å². The van der Waals surface area contributed by atoms with Gasteiger partial charge >= 0.3 is 0 Å². The molecule has 1 aliphatic carbocycles. The molecule has 3 aromatic rings. The van der Waals surface area contributed by atoms with Crippen molar-refractivity contribution in [3.05, 3.63) is 95.6 Å². The van der Waals surface area contributed by atoms with Crippen LogP contribution in [0.2, 0.25) is 0 Å². The molecule has 5 rings (SSSR count). The summed E-state index contributed by atoms with van der Waals surface area (Å²) in [4.78, 5) is 2.48. The molecule has 2 aliphatic rings. The molecule has 35 heavy (non-hydrogen) atoms. The van der Waals surface area contributed by atoms with Crippen molar-refractivity contribution in [1.82, 2.24) is 4.90 Å². The van der Waals surface area contributed by atoms with Crippen LogP contribution >= 0.6 is 0 Å². The lowest BCUT2D eigenvalue weighted by atomic mass is 9.70. The van der Waals surface area contributed by atoms with E-state index in [1.807, 2.05) is 36.4 Å². The molecule has 2 fully saturated rings. The normalized spacial score (nSPS) is 23.9. The fourth-order valence-electron chi connectivity index (χ4n) is 6.05. The molecule has 0 radical (unpaired) electrons. The van der Waals surface area contributed by atoms with Crippen molar-refractivity contribution in [3.8, 4) is 11.5 Å². The molecule has 1 saturated heterocycles. The molecule has 4 heteroatoms. The van der Waals surface area contributed by atoms with Gasteiger partial charge < -0.3 is 14.6 Å². The summed E-state index contributed by atoms with van der Waals surface area (Å²) in [5, 5.41) is 11.7. The zero-order valence-electron chi connectivity index (χ0n) is 20.9. The van der Waals surface area contributed by atoms with Gasteiger partial charge in [0.25, 0.3) is 0 Å². The van der Waals surface area contributed by atoms with Crippen LogP contribution in [0.4, 0.5) is 0 Å². The Kier molecular flexibility index (Phi) is 7.12. The summed E-state index contributed by atoms with van der Waals surface area (Å²) in [7, 11) is 1.71. The van der Waals surface area contributed by atoms with Crippen LogP contribution in [0.25, 0.3) is 0 Å². The molecular formula is C31H37NO3. The highest BCUT2D eigenvalue weighted by atomic mass is 16.5. The predicted molar refractivity (Wildman–Crippen MR) is 140 cm³/mol. The predicted octanol–water partition coefficient (Wildman–Crippen LogP) is 6.36. The third kappa shape index (κ3) is 5.10. The molecule has 1 heterocycles. The van der Waals surface area contributed by atoms with E-state index < -0.39 is 6.10 Å². The SMILES string of the molecule is COc1ccc([C@@H]2CN(Cc3ccccc3)C[C@@]2(C)[C@H](O)c2ccccc2)cc1OC1CCCC1. The van der Waals surface area contributed by atoms with Crippen LogP contribution in [0.5, 0.6) is 11.5 Å². The second-order valence-corrected chi connectivity index (χ2v) is 10.5. The minimum atomic E-state index is -0.573. The van der Waals surface area contributed by atoms with Crippen LogP contribution in [0.1, 0.15) is 61.3 Å². The largest absolute Gasteiger partial charge is 0.493 e. The van der Waals surface area contributed by atoms with Crippen molar-refractivity contribution >= 4 is 0 Å². The lowest BCUT2D eigenvalue weighted by Crippen LogP contribution is -2.33. The number of hydrogen-bond donors (Lipinski definition) is 1. The third-order valence-corrected chi connectivity index (χ3v) is 7.98. The molecule has 1 saturated carbocycles. The number of rotatable bonds is 8. The van der Waals surface area contributed by atoms with E-state index in [1.165, 1.54) is 24.0 Å². The van der Waals surface area contributed by atoms with Crippen LogP contribution in [-0.4, -0.2) is 36.3 Å². The first kappa shape index (κ1) is 23.9. The second-order valence-electron chi connectivity index (χ2n) is 10.5. The van der Waals surface area contributed by atoms with E-state index >= 15 is 0 Å². The zero-order chi connectivity index (χ0) is 24.3. The number of nitrogens with zero attached hydrogens (tertiary/aromatic N) is 1. The molecule has 1 N–H and O–H groups in total. The van der Waals surface area contributed by atoms with Gasteiger partial charge in [0.05, 0.1) is 19.3 Å². The Balaban J connectivity index is 1.48. The molecule has 0 bridgehead atoms. The summed E-state index contributed by atoms with van der Waals surface area (Å²) < 4.78 is 12.1. The maximum atomic E-state index is 11.7. The van der Waals surface area contributed by atoms with E-state index in [2.05, 4.69) is 54.3 Å². The minimum Gasteiger partial charge on any atom is -0.493 e. The highest BCUT2D eigenvalue weighted by Crippen LogP contribution is 2.52. The fourth-order valence-corrected chi connectivity index (χ4v) is 6.05. The molecule has 4 nitrogen and oxygen atoms in total. The second kappa shape index (κ2) is 10.4. The number of methoxy groups -OCH3 is 1. The van der Waals surface area contributed by atoms with Gasteiger partial charge in [0.1, 0.15) is 0 Å². The first-order valence-electron chi connectivity index (χ1n) is 12.9. The number of ether oxygens (including phenoxy) is 2. The molecule has 184 valence electrons. The van der Waals surface area contributed by atoms with Gasteiger partial charge in [-0.05, 0) is 54.5 Å². The van der Waals surface area contributed by atoms with Crippen LogP contribution in [-0.2, 0) is 6.54 Å². The molecule has 0 spiro atoms. The van der Waals surface area contributed by atoms with E-state index in [1.54, 1.807) is 7.11 Å². The summed E-state index contributed by atoms with van der Waals surface area (Å²) in [5.74, 6) is 1.76. The number of aliphatic hydroxyl groups excluding tert-OH is 1. The van der Waals surface area contributed by atoms with Gasteiger partial charge in [-0.15, -0.1) is 0 Å². The van der Waals surface area contributed by atoms with E-state index in [0.29, 0.717) is 0 Å². The minimum absolute atomic E-state index is 0.151. The summed E-state index contributed by atoms with van der Waals surface area (Å²) in [6.45, 7) is 4.80. The first-order chi connectivity index (χ1) is 17.1. The summed E-state index contributed by atoms with van der Waals surface area (Å²) >= 11 is 0. The summed E-state index contributed by atoms with van der Waals surface area (Å²) in [6, 6.07) is 27.1. The first-order valence-corrected chi connectivity index (χ1v) is 12.9. The summed E-state index contributed by atoms with van der Waals surface area (Å²) in [5.41, 5.74) is 3.11. The van der Waals surface area contributed by atoms with Gasteiger partial charge in [-0.25, -0.2) is 0 Å². The Labute approximate surface area is 209 Å². The molecule has 1 aliphatic heterocycles. The Morgan fingerprint density at radius 1 is 0.943 bits per heavy atom. The number of likely N-dealkylation sites (tertiary alicyclic amines) is 1. The van der Waals surface area contributed by atoms with Crippen molar-refractivity contribution in [2.75, 3.05) is 20.2 Å². The number of aliphatic hydroxyl groups is 1. The fraction of sp³-hybridized carbons (Fsp3) is 0.419. The average molecular weight is 472 g/mol. The maximum Gasteiger partial charge on any atom is 0.161 e. The Bertz CT molecular complexity index is 1100. The highest BCUT2D eigenvalue weighted by molar-refractivity contribution is 5.45. The van der Waals surface area contributed by atoms with Gasteiger partial charge in [-0.2, -0.15) is 0 Å². The van der Waals surface area contributed by atoms with Crippen molar-refractivity contribution < 1.29 is 14.6 Å². The van der Waals surface area contributed by atoms with Crippen molar-refractivity contribution in [1.29, 1.82) is 0 Å². The lowest BCUT2D eigenvalue weighted by molar-refractivity contribution is 0.0312. The van der Waals surface area contributed by atoms with Crippen LogP contribution in [0.15, 0.2) is 78.9 Å². The Morgan fingerprint density at radius 2 is 1.63 bits per heavy atom. The monoisotopic (exact) mass is 471 g/mol. The standard InChI is InChI=1S/C31H37NO3/c1-31(30(33)24-13-7-4-8-14-24)22-32(20-23-11-5-3-6-12-23)21-27(31)25-17-18-28(34-2)29(19-25)35-26-15-9-10-16-26/h3-8,11-14,17-19,26-27,30,33H,9-10,15-16,20-22H2,1-2H3/t27-,30+,31+/m0/s1. The van der Waals surface area contributed by atoms with Gasteiger partial charge in [0, 0.05) is 31.0 Å². The lowest BCUT2D eigenvalue weighted by Gasteiger charge is -2.36. The molecular weight excluding hydrogens is 434 g/mol. The molecule has 0 amide bonds. The van der Waals surface area contributed by atoms with Crippen LogP contribution in [0, 0.1) is 5.41 Å². The van der Waals surface area contributed by atoms with Gasteiger partial charge in [0.15, 0.2) is 11.5 Å². The number of hydrogen-bond acceptors (Lipinski definition) is 4. The van der Waals surface area contributed by atoms with Crippen LogP contribution < -0.4 is 9.47 Å². The summed E-state index contributed by atoms with van der Waals surface area (Å²) in [6.07, 6.45) is 4.35. The smallest absolute Gasteiger partial charge is 0.161 e. The van der Waals surface area contributed by atoms with Crippen molar-refractivity contribution in [2.24, 2.45) is 5.41 Å². The quantitative estimate of drug-likeness (QED) is 0.415. The van der Waals surface area contributed by atoms with E-state index in [0.717, 1.165) is 49.5 Å². The maximum absolute atomic E-state index is 11.7. The molecule has 0 aromatic heterocycles. The Hall–Kier alpha value is -2.82. The molecule has 0 unspecified atom stereocenters. The van der Waals surface area contributed by atoms with E-state index in [-0.39, 0.29) is 17.4 Å². The molecule has 3 atom stereocenters. The number of benzene rings is 3. The van der Waals surface area contributed by atoms with Crippen LogP contribution in [0.3, 0.4) is 0 Å². The van der Waals surface area contributed by atoms with E-state index in [9.17, 15) is 5.11 Å². The topological polar surface area (TPSA) is 41.9 Å². The van der Waals surface area contributed by atoms with Gasteiger partial charge in [-0.1, -0.05) is 73.7 Å². The van der Waals surface area contributed by atoms with Crippen molar-refractivity contribution in [3.63, 3.8) is 0 Å². The average Bonchev–Trinajstić information content (AvgIpc) is 3.52. The van der Waals surface area contributed by atoms with Gasteiger partial charge in [-0.3, -0.25) is 4.90 Å². The highest BCUT2D eigenvalue weighted by Gasteiger charge is 2.49. The van der Waals surface area contributed by atoms with E-state index in [4.69, 9.17) is 9.47 Å². The zero-order valence-corrected chi connectivity index (χ0v) is 20.9. The Morgan fingerprint density at radius 3 is 2.31 bits per heavy atom. The third-order valence-electron chi connectivity index (χ3n) is 7.98.